The standard InChI is InChI=1S/C56H62N14O8/c1-35(2)50(67-47(71)16-5-4-8-29-69-48(72)23-24-49(69)73)54(75)64-44(15-10-27-59-55(57)76)53(74)63-40-20-17-37(18-21-40)33-78-56(77)68(30-26-38-25-28-58-42-13-7-6-12-41(38)42)32-45-65-51(39-19-22-46-60-34-61-70(46)31-39)52(66-45)43-14-9-11-36(3)62-43/h6-7,9,11-14,17-25,28,31,34-35,44,50H,4-5,8,10,15-16,26-27,29-30,32-33H2,1-3H3,(H,63,74)(H,64,75)(H,65,66)(H,67,71)(H3,57,59,76). The predicted octanol–water partition coefficient (Wildman–Crippen LogP) is 5.92. The van der Waals surface area contributed by atoms with Gasteiger partial charge in [-0.05, 0) is 105 Å². The fourth-order valence-electron chi connectivity index (χ4n) is 8.94. The fourth-order valence-corrected chi connectivity index (χ4v) is 8.94. The molecule has 7 N–H and O–H groups in total. The van der Waals surface area contributed by atoms with Crippen molar-refractivity contribution in [2.24, 2.45) is 11.7 Å². The molecule has 5 aromatic heterocycles. The third-order valence-electron chi connectivity index (χ3n) is 13.1. The SMILES string of the molecule is Cc1cccc(-c2[nH]c(CN(CCc3ccnc4ccccc34)C(=O)OCc3ccc(NC(=O)C(CCCNC(N)=O)NC(=O)C(NC(=O)CCCCCN4C(=O)C=CC4=O)C(C)C)cc3)nc2-c2ccc3ncnn3c2)n1. The van der Waals surface area contributed by atoms with E-state index in [-0.39, 0.29) is 75.7 Å². The molecule has 22 heteroatoms. The van der Waals surface area contributed by atoms with Crippen LogP contribution in [0.25, 0.3) is 39.2 Å². The van der Waals surface area contributed by atoms with Gasteiger partial charge in [0, 0.05) is 72.9 Å². The van der Waals surface area contributed by atoms with Crippen LogP contribution in [0.15, 0.2) is 116 Å². The Morgan fingerprint density at radius 2 is 1.63 bits per heavy atom. The van der Waals surface area contributed by atoms with Crippen molar-refractivity contribution in [3.8, 4) is 22.6 Å². The van der Waals surface area contributed by atoms with Gasteiger partial charge in [-0.15, -0.1) is 0 Å². The van der Waals surface area contributed by atoms with Gasteiger partial charge in [0.1, 0.15) is 30.8 Å². The van der Waals surface area contributed by atoms with Gasteiger partial charge in [-0.2, -0.15) is 5.10 Å². The maximum atomic E-state index is 14.3. The molecule has 0 spiro atoms. The highest BCUT2D eigenvalue weighted by molar-refractivity contribution is 6.12. The number of aromatic amines is 1. The maximum Gasteiger partial charge on any atom is 0.410 e. The molecule has 0 saturated carbocycles. The van der Waals surface area contributed by atoms with E-state index in [0.29, 0.717) is 65.5 Å². The second-order valence-corrected chi connectivity index (χ2v) is 19.2. The molecule has 0 bridgehead atoms. The van der Waals surface area contributed by atoms with Crippen molar-refractivity contribution in [1.82, 2.24) is 60.3 Å². The summed E-state index contributed by atoms with van der Waals surface area (Å²) in [6, 6.07) is 23.2. The van der Waals surface area contributed by atoms with Gasteiger partial charge in [0.15, 0.2) is 5.65 Å². The summed E-state index contributed by atoms with van der Waals surface area (Å²) in [5.74, 6) is -2.03. The minimum atomic E-state index is -1.07. The summed E-state index contributed by atoms with van der Waals surface area (Å²) in [5.41, 5.74) is 12.3. The number of H-pyrrole nitrogens is 1. The Morgan fingerprint density at radius 1 is 0.833 bits per heavy atom. The van der Waals surface area contributed by atoms with E-state index in [9.17, 15) is 33.6 Å². The number of ether oxygens (including phenoxy) is 1. The molecule has 0 fully saturated rings. The number of imidazole rings is 1. The summed E-state index contributed by atoms with van der Waals surface area (Å²) in [4.78, 5) is 115. The van der Waals surface area contributed by atoms with E-state index in [0.717, 1.165) is 32.6 Å². The summed E-state index contributed by atoms with van der Waals surface area (Å²) in [5, 5.41) is 16.2. The molecule has 2 atom stereocenters. The molecule has 0 radical (unpaired) electrons. The number of anilines is 1. The number of amides is 8. The second-order valence-electron chi connectivity index (χ2n) is 19.2. The topological polar surface area (TPSA) is 294 Å². The lowest BCUT2D eigenvalue weighted by molar-refractivity contribution is -0.137. The Bertz CT molecular complexity index is 3310. The molecule has 22 nitrogen and oxygen atoms in total. The largest absolute Gasteiger partial charge is 0.445 e. The molecule has 0 saturated heterocycles. The Kier molecular flexibility index (Phi) is 18.3. The number of urea groups is 1. The van der Waals surface area contributed by atoms with E-state index in [4.69, 9.17) is 20.4 Å². The Hall–Kier alpha value is -9.34. The minimum absolute atomic E-state index is 0.0604. The molecule has 0 aliphatic carbocycles. The number of primary amides is 1. The van der Waals surface area contributed by atoms with Crippen LogP contribution in [0.1, 0.15) is 75.0 Å². The smallest absolute Gasteiger partial charge is 0.410 e. The normalized spacial score (nSPS) is 12.9. The Balaban J connectivity index is 0.921. The molecule has 2 unspecified atom stereocenters. The summed E-state index contributed by atoms with van der Waals surface area (Å²) >= 11 is 0. The van der Waals surface area contributed by atoms with E-state index >= 15 is 0 Å². The van der Waals surface area contributed by atoms with E-state index in [2.05, 4.69) is 41.3 Å². The number of imide groups is 1. The van der Waals surface area contributed by atoms with Gasteiger partial charge in [0.25, 0.3) is 11.8 Å². The summed E-state index contributed by atoms with van der Waals surface area (Å²) < 4.78 is 7.64. The first-order valence-electron chi connectivity index (χ1n) is 25.8. The lowest BCUT2D eigenvalue weighted by atomic mass is 10.0. The highest BCUT2D eigenvalue weighted by Gasteiger charge is 2.30. The molecule has 2 aromatic carbocycles. The highest BCUT2D eigenvalue weighted by atomic mass is 16.6. The zero-order valence-electron chi connectivity index (χ0n) is 43.6. The van der Waals surface area contributed by atoms with E-state index in [1.165, 1.54) is 18.5 Å². The number of carbonyl (C=O) groups excluding carboxylic acids is 7. The van der Waals surface area contributed by atoms with Gasteiger partial charge in [-0.25, -0.2) is 24.1 Å². The number of hydrogen-bond donors (Lipinski definition) is 6. The van der Waals surface area contributed by atoms with Crippen LogP contribution in [0, 0.1) is 12.8 Å². The summed E-state index contributed by atoms with van der Waals surface area (Å²) in [6.45, 7) is 6.08. The number of nitrogens with one attached hydrogen (secondary N) is 5. The monoisotopic (exact) mass is 1060 g/mol. The van der Waals surface area contributed by atoms with Crippen LogP contribution in [0.4, 0.5) is 15.3 Å². The number of benzene rings is 2. The third-order valence-corrected chi connectivity index (χ3v) is 13.1. The number of aryl methyl sites for hydroxylation is 1. The third kappa shape index (κ3) is 14.5. The number of hydrogen-bond acceptors (Lipinski definition) is 13. The molecule has 7 aromatic rings. The first-order chi connectivity index (χ1) is 37.7. The fraction of sp³-hybridized carbons (Fsp3) is 0.321. The van der Waals surface area contributed by atoms with Crippen molar-refractivity contribution in [2.75, 3.05) is 25.0 Å². The van der Waals surface area contributed by atoms with Crippen LogP contribution >= 0.6 is 0 Å². The average Bonchev–Trinajstić information content (AvgIpc) is 4.18. The number of rotatable bonds is 25. The van der Waals surface area contributed by atoms with Crippen molar-refractivity contribution in [3.05, 3.63) is 138 Å². The average molecular weight is 1060 g/mol. The van der Waals surface area contributed by atoms with Crippen LogP contribution in [-0.4, -0.2) is 118 Å². The van der Waals surface area contributed by atoms with Gasteiger partial charge in [0.05, 0.1) is 29.1 Å². The van der Waals surface area contributed by atoms with Crippen molar-refractivity contribution in [2.45, 2.75) is 91.0 Å². The number of aromatic nitrogens is 7. The molecule has 6 heterocycles. The molecular weight excluding hydrogens is 997 g/mol. The number of carbonyl (C=O) groups is 7. The van der Waals surface area contributed by atoms with Gasteiger partial charge in [-0.1, -0.05) is 56.7 Å². The van der Waals surface area contributed by atoms with Crippen molar-refractivity contribution < 1.29 is 38.3 Å². The minimum Gasteiger partial charge on any atom is -0.445 e. The summed E-state index contributed by atoms with van der Waals surface area (Å²) in [6.07, 6.45) is 9.52. The van der Waals surface area contributed by atoms with E-state index in [1.54, 1.807) is 53.7 Å². The predicted molar refractivity (Wildman–Crippen MR) is 289 cm³/mol. The van der Waals surface area contributed by atoms with Crippen molar-refractivity contribution in [1.29, 1.82) is 0 Å². The van der Waals surface area contributed by atoms with Gasteiger partial charge in [-0.3, -0.25) is 38.8 Å². The number of nitrogens with zero attached hydrogens (tertiary/aromatic N) is 8. The highest BCUT2D eigenvalue weighted by Crippen LogP contribution is 2.30. The van der Waals surface area contributed by atoms with E-state index in [1.807, 2.05) is 73.8 Å². The number of fused-ring (bicyclic) bond motifs is 2. The zero-order valence-corrected chi connectivity index (χ0v) is 43.6. The van der Waals surface area contributed by atoms with Gasteiger partial charge >= 0.3 is 12.1 Å². The lowest BCUT2D eigenvalue weighted by Crippen LogP contribution is -2.54. The zero-order chi connectivity index (χ0) is 55.1. The van der Waals surface area contributed by atoms with E-state index < -0.39 is 36.0 Å². The summed E-state index contributed by atoms with van der Waals surface area (Å²) in [7, 11) is 0. The molecule has 8 rings (SSSR count). The number of unbranched alkanes of at least 4 members (excludes halogenated alkanes) is 2. The molecule has 1 aliphatic heterocycles. The van der Waals surface area contributed by atoms with Crippen LogP contribution in [0.2, 0.25) is 0 Å². The molecular formula is C56H62N14O8. The molecule has 78 heavy (non-hydrogen) atoms. The van der Waals surface area contributed by atoms with Crippen LogP contribution in [0.5, 0.6) is 0 Å². The Morgan fingerprint density at radius 3 is 2.40 bits per heavy atom. The lowest BCUT2D eigenvalue weighted by Gasteiger charge is -2.25. The van der Waals surface area contributed by atoms with Crippen LogP contribution < -0.4 is 27.0 Å². The number of nitrogens with two attached hydrogens (primary N) is 1. The van der Waals surface area contributed by atoms with Crippen LogP contribution in [-0.2, 0) is 48.3 Å². The first-order valence-corrected chi connectivity index (χ1v) is 25.8. The second kappa shape index (κ2) is 25.9. The van der Waals surface area contributed by atoms with Crippen LogP contribution in [0.3, 0.4) is 0 Å². The Labute approximate surface area is 449 Å². The van der Waals surface area contributed by atoms with Crippen molar-refractivity contribution >= 4 is 63.9 Å². The first kappa shape index (κ1) is 54.9. The number of pyridine rings is 3. The number of para-hydroxylation sites is 1. The quantitative estimate of drug-likeness (QED) is 0.0287. The molecule has 8 amide bonds. The molecule has 1 aliphatic rings. The van der Waals surface area contributed by atoms with Gasteiger partial charge < -0.3 is 41.6 Å². The maximum absolute atomic E-state index is 14.3. The van der Waals surface area contributed by atoms with Crippen molar-refractivity contribution in [3.63, 3.8) is 0 Å². The van der Waals surface area contributed by atoms with Gasteiger partial charge in [0.2, 0.25) is 17.7 Å². The molecule has 404 valence electrons.